The van der Waals surface area contributed by atoms with Gasteiger partial charge < -0.3 is 10.4 Å². The Labute approximate surface area is 166 Å². The highest BCUT2D eigenvalue weighted by molar-refractivity contribution is 7.89. The van der Waals surface area contributed by atoms with Gasteiger partial charge in [-0.15, -0.1) is 0 Å². The standard InChI is InChI=1S/C19H18N6O3S/c1-12-17(14-3-5-15(26)6-4-14)25-9-8-21-18(19(25)24-12)23-11-13-2-7-16(22-10-13)29(20,27)28/h2-10,26H,11H2,1H3,(H,21,23)(H2,20,27,28). The summed E-state index contributed by atoms with van der Waals surface area (Å²) in [6.07, 6.45) is 4.94. The Hall–Kier alpha value is -3.50. The molecule has 0 aliphatic carbocycles. The average molecular weight is 410 g/mol. The van der Waals surface area contributed by atoms with E-state index in [1.165, 1.54) is 12.3 Å². The second kappa shape index (κ2) is 7.15. The van der Waals surface area contributed by atoms with E-state index in [4.69, 9.17) is 5.14 Å². The topological polar surface area (TPSA) is 135 Å². The first kappa shape index (κ1) is 18.8. The van der Waals surface area contributed by atoms with Crippen molar-refractivity contribution in [3.05, 3.63) is 66.2 Å². The van der Waals surface area contributed by atoms with Gasteiger partial charge in [0.15, 0.2) is 16.5 Å². The second-order valence-corrected chi connectivity index (χ2v) is 7.97. The SMILES string of the molecule is Cc1nc2c(NCc3ccc(S(N)(=O)=O)nc3)nccn2c1-c1ccc(O)cc1. The van der Waals surface area contributed by atoms with Crippen LogP contribution < -0.4 is 10.5 Å². The molecule has 0 unspecified atom stereocenters. The quantitative estimate of drug-likeness (QED) is 0.458. The molecule has 3 aromatic heterocycles. The average Bonchev–Trinajstić information content (AvgIpc) is 3.03. The molecule has 9 nitrogen and oxygen atoms in total. The number of nitrogens with one attached hydrogen (secondary N) is 1. The first-order chi connectivity index (χ1) is 13.8. The maximum absolute atomic E-state index is 11.3. The number of nitrogens with two attached hydrogens (primary N) is 1. The molecule has 0 aliphatic heterocycles. The molecule has 4 N–H and O–H groups in total. The van der Waals surface area contributed by atoms with Crippen LogP contribution in [-0.2, 0) is 16.6 Å². The Bertz CT molecular complexity index is 1280. The van der Waals surface area contributed by atoms with Gasteiger partial charge in [-0.25, -0.2) is 28.5 Å². The number of benzene rings is 1. The van der Waals surface area contributed by atoms with E-state index >= 15 is 0 Å². The van der Waals surface area contributed by atoms with Crippen LogP contribution in [0.4, 0.5) is 5.82 Å². The van der Waals surface area contributed by atoms with Gasteiger partial charge in [0.25, 0.3) is 10.0 Å². The lowest BCUT2D eigenvalue weighted by Crippen LogP contribution is -2.14. The first-order valence-electron chi connectivity index (χ1n) is 8.67. The summed E-state index contributed by atoms with van der Waals surface area (Å²) in [7, 11) is -3.82. The molecule has 4 aromatic rings. The second-order valence-electron chi connectivity index (χ2n) is 6.47. The summed E-state index contributed by atoms with van der Waals surface area (Å²) in [6, 6.07) is 9.93. The van der Waals surface area contributed by atoms with Crippen LogP contribution in [0.1, 0.15) is 11.3 Å². The summed E-state index contributed by atoms with van der Waals surface area (Å²) < 4.78 is 24.5. The number of hydrogen-bond acceptors (Lipinski definition) is 7. The molecule has 3 heterocycles. The molecule has 4 rings (SSSR count). The zero-order chi connectivity index (χ0) is 20.6. The third-order valence-corrected chi connectivity index (χ3v) is 5.23. The molecule has 1 aromatic carbocycles. The van der Waals surface area contributed by atoms with Crippen molar-refractivity contribution in [2.24, 2.45) is 5.14 Å². The van der Waals surface area contributed by atoms with Crippen LogP contribution in [0.15, 0.2) is 60.0 Å². The highest BCUT2D eigenvalue weighted by Crippen LogP contribution is 2.28. The number of phenolic OH excluding ortho intramolecular Hbond substituents is 1. The van der Waals surface area contributed by atoms with Crippen molar-refractivity contribution in [2.75, 3.05) is 5.32 Å². The smallest absolute Gasteiger partial charge is 0.255 e. The van der Waals surface area contributed by atoms with Crippen LogP contribution in [0.3, 0.4) is 0 Å². The number of aryl methyl sites for hydroxylation is 1. The number of nitrogens with zero attached hydrogens (tertiary/aromatic N) is 4. The van der Waals surface area contributed by atoms with Crippen molar-refractivity contribution in [2.45, 2.75) is 18.5 Å². The number of aromatic hydroxyl groups is 1. The van der Waals surface area contributed by atoms with Crippen LogP contribution >= 0.6 is 0 Å². The van der Waals surface area contributed by atoms with Gasteiger partial charge in [-0.1, -0.05) is 6.07 Å². The number of phenols is 1. The number of primary sulfonamides is 1. The van der Waals surface area contributed by atoms with E-state index in [0.29, 0.717) is 18.0 Å². The summed E-state index contributed by atoms with van der Waals surface area (Å²) in [5, 5.41) is 17.6. The van der Waals surface area contributed by atoms with E-state index in [9.17, 15) is 13.5 Å². The Morgan fingerprint density at radius 1 is 1.14 bits per heavy atom. The highest BCUT2D eigenvalue weighted by Gasteiger charge is 2.15. The summed E-state index contributed by atoms with van der Waals surface area (Å²) in [5.41, 5.74) is 4.08. The molecular formula is C19H18N6O3S. The molecule has 0 amide bonds. The number of anilines is 1. The van der Waals surface area contributed by atoms with Crippen molar-refractivity contribution >= 4 is 21.5 Å². The van der Waals surface area contributed by atoms with E-state index in [2.05, 4.69) is 20.3 Å². The lowest BCUT2D eigenvalue weighted by molar-refractivity contribution is 0.475. The molecule has 29 heavy (non-hydrogen) atoms. The van der Waals surface area contributed by atoms with E-state index < -0.39 is 10.0 Å². The lowest BCUT2D eigenvalue weighted by atomic mass is 10.1. The summed E-state index contributed by atoms with van der Waals surface area (Å²) >= 11 is 0. The fourth-order valence-electron chi connectivity index (χ4n) is 3.05. The fourth-order valence-corrected chi connectivity index (χ4v) is 3.51. The fraction of sp³-hybridized carbons (Fsp3) is 0.105. The predicted molar refractivity (Wildman–Crippen MR) is 108 cm³/mol. The zero-order valence-corrected chi connectivity index (χ0v) is 16.3. The summed E-state index contributed by atoms with van der Waals surface area (Å²) in [6.45, 7) is 2.29. The predicted octanol–water partition coefficient (Wildman–Crippen LogP) is 2.06. The van der Waals surface area contributed by atoms with Gasteiger partial charge in [0.2, 0.25) is 0 Å². The molecule has 0 aliphatic rings. The van der Waals surface area contributed by atoms with E-state index in [0.717, 1.165) is 22.5 Å². The highest BCUT2D eigenvalue weighted by atomic mass is 32.2. The Balaban J connectivity index is 1.63. The van der Waals surface area contributed by atoms with Gasteiger partial charge in [0.05, 0.1) is 11.4 Å². The van der Waals surface area contributed by atoms with Crippen LogP contribution in [0.25, 0.3) is 16.9 Å². The normalized spacial score (nSPS) is 11.7. The van der Waals surface area contributed by atoms with Crippen molar-refractivity contribution in [1.82, 2.24) is 19.4 Å². The minimum atomic E-state index is -3.82. The number of rotatable bonds is 5. The molecule has 10 heteroatoms. The van der Waals surface area contributed by atoms with Crippen LogP contribution in [0.5, 0.6) is 5.75 Å². The van der Waals surface area contributed by atoms with Gasteiger partial charge in [0, 0.05) is 30.7 Å². The van der Waals surface area contributed by atoms with E-state index in [-0.39, 0.29) is 10.8 Å². The van der Waals surface area contributed by atoms with Gasteiger partial charge in [0.1, 0.15) is 5.75 Å². The van der Waals surface area contributed by atoms with Gasteiger partial charge in [-0.05, 0) is 42.8 Å². The third kappa shape index (κ3) is 3.75. The number of fused-ring (bicyclic) bond motifs is 1. The molecular weight excluding hydrogens is 392 g/mol. The van der Waals surface area contributed by atoms with Crippen LogP contribution in [-0.4, -0.2) is 32.9 Å². The number of pyridine rings is 1. The Kier molecular flexibility index (Phi) is 4.65. The number of imidazole rings is 1. The minimum Gasteiger partial charge on any atom is -0.508 e. The maximum atomic E-state index is 11.3. The van der Waals surface area contributed by atoms with Gasteiger partial charge in [-0.3, -0.25) is 4.40 Å². The van der Waals surface area contributed by atoms with E-state index in [1.54, 1.807) is 24.4 Å². The molecule has 0 radical (unpaired) electrons. The molecule has 0 atom stereocenters. The first-order valence-corrected chi connectivity index (χ1v) is 10.2. The Morgan fingerprint density at radius 2 is 1.90 bits per heavy atom. The largest absolute Gasteiger partial charge is 0.508 e. The molecule has 0 fully saturated rings. The van der Waals surface area contributed by atoms with Crippen LogP contribution in [0, 0.1) is 6.92 Å². The molecule has 0 saturated heterocycles. The van der Waals surface area contributed by atoms with Crippen molar-refractivity contribution in [3.8, 4) is 17.0 Å². The molecule has 0 spiro atoms. The number of sulfonamides is 1. The summed E-state index contributed by atoms with van der Waals surface area (Å²) in [4.78, 5) is 12.9. The van der Waals surface area contributed by atoms with Crippen molar-refractivity contribution < 1.29 is 13.5 Å². The Morgan fingerprint density at radius 3 is 2.55 bits per heavy atom. The molecule has 0 bridgehead atoms. The molecule has 0 saturated carbocycles. The lowest BCUT2D eigenvalue weighted by Gasteiger charge is -2.08. The number of aromatic nitrogens is 4. The maximum Gasteiger partial charge on any atom is 0.255 e. The van der Waals surface area contributed by atoms with Gasteiger partial charge >= 0.3 is 0 Å². The van der Waals surface area contributed by atoms with Crippen molar-refractivity contribution in [1.29, 1.82) is 0 Å². The number of hydrogen-bond donors (Lipinski definition) is 3. The zero-order valence-electron chi connectivity index (χ0n) is 15.4. The molecule has 148 valence electrons. The monoisotopic (exact) mass is 410 g/mol. The van der Waals surface area contributed by atoms with Crippen molar-refractivity contribution in [3.63, 3.8) is 0 Å². The third-order valence-electron chi connectivity index (χ3n) is 4.41. The van der Waals surface area contributed by atoms with Crippen LogP contribution in [0.2, 0.25) is 0 Å². The van der Waals surface area contributed by atoms with E-state index in [1.807, 2.05) is 29.7 Å². The summed E-state index contributed by atoms with van der Waals surface area (Å²) in [5.74, 6) is 0.780. The minimum absolute atomic E-state index is 0.177. The van der Waals surface area contributed by atoms with Gasteiger partial charge in [-0.2, -0.15) is 0 Å².